The Morgan fingerprint density at radius 3 is 2.89 bits per heavy atom. The van der Waals surface area contributed by atoms with Crippen LogP contribution in [0.2, 0.25) is 0 Å². The van der Waals surface area contributed by atoms with Gasteiger partial charge in [-0.2, -0.15) is 14.6 Å². The van der Waals surface area contributed by atoms with Gasteiger partial charge >= 0.3 is 0 Å². The van der Waals surface area contributed by atoms with Crippen molar-refractivity contribution in [3.8, 4) is 6.07 Å². The summed E-state index contributed by atoms with van der Waals surface area (Å²) in [6, 6.07) is 4.76. The summed E-state index contributed by atoms with van der Waals surface area (Å²) in [6.07, 6.45) is 1.91. The molecule has 2 rings (SSSR count). The zero-order chi connectivity index (χ0) is 13.2. The first-order valence-electron chi connectivity index (χ1n) is 5.18. The van der Waals surface area contributed by atoms with Crippen LogP contribution < -0.4 is 0 Å². The van der Waals surface area contributed by atoms with Crippen LogP contribution in [-0.2, 0) is 14.8 Å². The molecule has 1 aromatic heterocycles. The van der Waals surface area contributed by atoms with Gasteiger partial charge in [-0.15, -0.1) is 11.3 Å². The maximum Gasteiger partial charge on any atom is 0.254 e. The molecule has 1 aliphatic heterocycles. The average molecular weight is 283 g/mol. The van der Waals surface area contributed by atoms with Crippen molar-refractivity contribution in [2.24, 2.45) is 4.99 Å². The molecule has 94 valence electrons. The molecule has 1 saturated heterocycles. The molecule has 1 fully saturated rings. The fourth-order valence-corrected chi connectivity index (χ4v) is 4.65. The third kappa shape index (κ3) is 2.21. The van der Waals surface area contributed by atoms with Gasteiger partial charge < -0.3 is 0 Å². The molecule has 0 N–H and O–H groups in total. The summed E-state index contributed by atoms with van der Waals surface area (Å²) in [4.78, 5) is 14.1. The predicted octanol–water partition coefficient (Wildman–Crippen LogP) is 1.07. The molecule has 0 bridgehead atoms. The second kappa shape index (κ2) is 5.00. The van der Waals surface area contributed by atoms with E-state index in [0.717, 1.165) is 11.3 Å². The Kier molecular flexibility index (Phi) is 3.59. The molecule has 1 atom stereocenters. The number of hydrogen-bond donors (Lipinski definition) is 0. The molecule has 1 aromatic rings. The molecule has 6 nitrogen and oxygen atoms in total. The molecule has 0 radical (unpaired) electrons. The molecule has 18 heavy (non-hydrogen) atoms. The highest BCUT2D eigenvalue weighted by Crippen LogP contribution is 2.30. The maximum absolute atomic E-state index is 12.3. The smallest absolute Gasteiger partial charge is 0.211 e. The third-order valence-corrected chi connectivity index (χ3v) is 5.98. The van der Waals surface area contributed by atoms with E-state index in [1.54, 1.807) is 0 Å². The van der Waals surface area contributed by atoms with Gasteiger partial charge in [0.15, 0.2) is 0 Å². The average Bonchev–Trinajstić information content (AvgIpc) is 2.97. The quantitative estimate of drug-likeness (QED) is 0.612. The lowest BCUT2D eigenvalue weighted by Crippen LogP contribution is -2.33. The number of nitriles is 1. The molecule has 0 spiro atoms. The topological polar surface area (TPSA) is 90.6 Å². The van der Waals surface area contributed by atoms with Crippen LogP contribution in [0.1, 0.15) is 17.7 Å². The van der Waals surface area contributed by atoms with Crippen LogP contribution in [0.25, 0.3) is 0 Å². The monoisotopic (exact) mass is 283 g/mol. The predicted molar refractivity (Wildman–Crippen MR) is 64.1 cm³/mol. The SMILES string of the molecule is N#Cc1ccc(S(=O)(=O)N2CCCC2N=C=O)s1. The number of hydrogen-bond acceptors (Lipinski definition) is 6. The highest BCUT2D eigenvalue weighted by Gasteiger charge is 2.36. The number of thiophene rings is 1. The minimum Gasteiger partial charge on any atom is -0.211 e. The first-order chi connectivity index (χ1) is 8.59. The van der Waals surface area contributed by atoms with Crippen LogP contribution in [0.4, 0.5) is 0 Å². The van der Waals surface area contributed by atoms with E-state index in [0.29, 0.717) is 24.3 Å². The van der Waals surface area contributed by atoms with E-state index in [-0.39, 0.29) is 4.21 Å². The van der Waals surface area contributed by atoms with Crippen LogP contribution in [0.5, 0.6) is 0 Å². The van der Waals surface area contributed by atoms with Crippen LogP contribution >= 0.6 is 11.3 Å². The lowest BCUT2D eigenvalue weighted by atomic mass is 10.3. The van der Waals surface area contributed by atoms with Gasteiger partial charge in [0.05, 0.1) is 0 Å². The molecule has 0 saturated carbocycles. The van der Waals surface area contributed by atoms with Crippen molar-refractivity contribution in [2.45, 2.75) is 23.2 Å². The maximum atomic E-state index is 12.3. The summed E-state index contributed by atoms with van der Waals surface area (Å²) in [5, 5.41) is 8.70. The van der Waals surface area contributed by atoms with Crippen LogP contribution in [0.15, 0.2) is 21.3 Å². The third-order valence-electron chi connectivity index (χ3n) is 2.63. The lowest BCUT2D eigenvalue weighted by molar-refractivity contribution is 0.397. The second-order valence-corrected chi connectivity index (χ2v) is 6.89. The Bertz CT molecular complexity index is 638. The Balaban J connectivity index is 2.36. The van der Waals surface area contributed by atoms with Gasteiger partial charge in [-0.25, -0.2) is 13.2 Å². The van der Waals surface area contributed by atoms with Gasteiger partial charge in [0.1, 0.15) is 21.3 Å². The van der Waals surface area contributed by atoms with Gasteiger partial charge in [0, 0.05) is 6.54 Å². The first kappa shape index (κ1) is 12.9. The summed E-state index contributed by atoms with van der Waals surface area (Å²) < 4.78 is 25.9. The van der Waals surface area contributed by atoms with E-state index in [1.165, 1.54) is 22.5 Å². The van der Waals surface area contributed by atoms with Crippen molar-refractivity contribution in [3.05, 3.63) is 17.0 Å². The Hall–Kier alpha value is -1.52. The van der Waals surface area contributed by atoms with E-state index < -0.39 is 16.2 Å². The highest BCUT2D eigenvalue weighted by atomic mass is 32.2. The zero-order valence-corrected chi connectivity index (χ0v) is 10.9. The lowest BCUT2D eigenvalue weighted by Gasteiger charge is -2.18. The molecule has 0 aliphatic carbocycles. The fourth-order valence-electron chi connectivity index (χ4n) is 1.83. The number of sulfonamides is 1. The Morgan fingerprint density at radius 2 is 2.28 bits per heavy atom. The molecule has 1 unspecified atom stereocenters. The van der Waals surface area contributed by atoms with Gasteiger partial charge in [-0.3, -0.25) is 0 Å². The second-order valence-electron chi connectivity index (χ2n) is 3.69. The molecule has 8 heteroatoms. The van der Waals surface area contributed by atoms with E-state index in [9.17, 15) is 13.2 Å². The minimum absolute atomic E-state index is 0.104. The summed E-state index contributed by atoms with van der Waals surface area (Å²) in [7, 11) is -3.67. The van der Waals surface area contributed by atoms with Crippen molar-refractivity contribution in [3.63, 3.8) is 0 Å². The molecule has 0 amide bonds. The molecule has 1 aliphatic rings. The number of rotatable bonds is 3. The summed E-state index contributed by atoms with van der Waals surface area (Å²) >= 11 is 0.916. The van der Waals surface area contributed by atoms with E-state index in [1.807, 2.05) is 6.07 Å². The number of nitrogens with zero attached hydrogens (tertiary/aromatic N) is 3. The van der Waals surface area contributed by atoms with Crippen molar-refractivity contribution < 1.29 is 13.2 Å². The van der Waals surface area contributed by atoms with Crippen molar-refractivity contribution in [2.75, 3.05) is 6.54 Å². The normalized spacial score (nSPS) is 20.3. The van der Waals surface area contributed by atoms with Crippen molar-refractivity contribution in [1.82, 2.24) is 4.31 Å². The van der Waals surface area contributed by atoms with Gasteiger partial charge in [-0.05, 0) is 25.0 Å². The van der Waals surface area contributed by atoms with Gasteiger partial charge in [0.2, 0.25) is 6.08 Å². The zero-order valence-electron chi connectivity index (χ0n) is 9.24. The number of aliphatic imine (C=N–C) groups is 1. The van der Waals surface area contributed by atoms with Gasteiger partial charge in [-0.1, -0.05) is 0 Å². The van der Waals surface area contributed by atoms with Crippen LogP contribution in [0, 0.1) is 11.3 Å². The molecule has 2 heterocycles. The van der Waals surface area contributed by atoms with Crippen LogP contribution in [0.3, 0.4) is 0 Å². The van der Waals surface area contributed by atoms with E-state index >= 15 is 0 Å². The van der Waals surface area contributed by atoms with Crippen molar-refractivity contribution in [1.29, 1.82) is 5.26 Å². The molecular weight excluding hydrogens is 274 g/mol. The van der Waals surface area contributed by atoms with E-state index in [2.05, 4.69) is 4.99 Å². The number of carbonyl (C=O) groups excluding carboxylic acids is 1. The first-order valence-corrected chi connectivity index (χ1v) is 7.44. The van der Waals surface area contributed by atoms with E-state index in [4.69, 9.17) is 5.26 Å². The van der Waals surface area contributed by atoms with Gasteiger partial charge in [0.25, 0.3) is 10.0 Å². The Morgan fingerprint density at radius 1 is 1.50 bits per heavy atom. The molecular formula is C10H9N3O3S2. The molecule has 0 aromatic carbocycles. The van der Waals surface area contributed by atoms with Crippen molar-refractivity contribution >= 4 is 27.4 Å². The highest BCUT2D eigenvalue weighted by molar-refractivity contribution is 7.91. The van der Waals surface area contributed by atoms with Crippen LogP contribution in [-0.4, -0.2) is 31.5 Å². The standard InChI is InChI=1S/C10H9N3O3S2/c11-6-8-3-4-10(17-8)18(15,16)13-5-1-2-9(13)12-7-14/h3-4,9H,1-2,5H2. The fraction of sp³-hybridized carbons (Fsp3) is 0.400. The minimum atomic E-state index is -3.67. The summed E-state index contributed by atoms with van der Waals surface area (Å²) in [5.74, 6) is 0. The Labute approximate surface area is 108 Å². The largest absolute Gasteiger partial charge is 0.254 e. The summed E-state index contributed by atoms with van der Waals surface area (Å²) in [5.41, 5.74) is 0. The number of isocyanates is 1. The summed E-state index contributed by atoms with van der Waals surface area (Å²) in [6.45, 7) is 0.331.